The lowest BCUT2D eigenvalue weighted by molar-refractivity contribution is 0.171. The average molecular weight is 250 g/mol. The largest absolute Gasteiger partial charge is 0.331 e. The Morgan fingerprint density at radius 1 is 1.33 bits per heavy atom. The molecule has 18 heavy (non-hydrogen) atoms. The molecule has 0 bridgehead atoms. The van der Waals surface area contributed by atoms with Crippen molar-refractivity contribution in [2.45, 2.75) is 38.6 Å². The minimum atomic E-state index is -0.224. The van der Waals surface area contributed by atoms with Gasteiger partial charge in [0.25, 0.3) is 0 Å². The summed E-state index contributed by atoms with van der Waals surface area (Å²) in [6, 6.07) is -0.116. The van der Waals surface area contributed by atoms with Crippen LogP contribution in [-0.2, 0) is 0 Å². The molecule has 1 saturated heterocycles. The predicted octanol–water partition coefficient (Wildman–Crippen LogP) is 1.71. The highest BCUT2D eigenvalue weighted by Gasteiger charge is 2.25. The van der Waals surface area contributed by atoms with Crippen molar-refractivity contribution >= 4 is 6.03 Å². The molecule has 5 nitrogen and oxygen atoms in total. The second-order valence-corrected chi connectivity index (χ2v) is 5.62. The third kappa shape index (κ3) is 3.57. The molecule has 0 spiro atoms. The van der Waals surface area contributed by atoms with Gasteiger partial charge in [-0.25, -0.2) is 9.78 Å². The van der Waals surface area contributed by atoms with Gasteiger partial charge >= 0.3 is 6.03 Å². The molecule has 0 aliphatic carbocycles. The lowest BCUT2D eigenvalue weighted by Gasteiger charge is -2.35. The molecule has 2 heterocycles. The van der Waals surface area contributed by atoms with E-state index in [4.69, 9.17) is 0 Å². The Balaban J connectivity index is 1.88. The zero-order valence-electron chi connectivity index (χ0n) is 11.2. The van der Waals surface area contributed by atoms with Crippen LogP contribution >= 0.6 is 0 Å². The second kappa shape index (κ2) is 5.52. The minimum absolute atomic E-state index is 0.116. The van der Waals surface area contributed by atoms with Crippen molar-refractivity contribution in [2.24, 2.45) is 0 Å². The van der Waals surface area contributed by atoms with Crippen LogP contribution in [0.3, 0.4) is 0 Å². The van der Waals surface area contributed by atoms with E-state index in [-0.39, 0.29) is 11.6 Å². The first kappa shape index (κ1) is 13.1. The van der Waals surface area contributed by atoms with Crippen LogP contribution in [0.25, 0.3) is 0 Å². The number of likely N-dealkylation sites (tertiary alicyclic amines) is 1. The molecule has 1 N–H and O–H groups in total. The molecule has 1 fully saturated rings. The van der Waals surface area contributed by atoms with Crippen molar-refractivity contribution in [3.8, 4) is 0 Å². The Morgan fingerprint density at radius 2 is 2.06 bits per heavy atom. The first-order chi connectivity index (χ1) is 8.57. The summed E-state index contributed by atoms with van der Waals surface area (Å²) in [5.74, 6) is 0. The Kier molecular flexibility index (Phi) is 4.01. The van der Waals surface area contributed by atoms with Crippen LogP contribution in [0.1, 0.15) is 33.1 Å². The summed E-state index contributed by atoms with van der Waals surface area (Å²) in [6.45, 7) is 7.31. The smallest absolute Gasteiger partial charge is 0.327 e. The van der Waals surface area contributed by atoms with Gasteiger partial charge in [-0.15, -0.1) is 0 Å². The van der Waals surface area contributed by atoms with Crippen LogP contribution in [0.5, 0.6) is 0 Å². The summed E-state index contributed by atoms with van der Waals surface area (Å²) in [5, 5.41) is 3.05. The number of hydrogen-bond donors (Lipinski definition) is 1. The van der Waals surface area contributed by atoms with E-state index in [9.17, 15) is 4.79 Å². The van der Waals surface area contributed by atoms with Gasteiger partial charge in [-0.05, 0) is 39.8 Å². The van der Waals surface area contributed by atoms with Crippen molar-refractivity contribution in [2.75, 3.05) is 19.6 Å². The number of rotatable bonds is 3. The maximum atomic E-state index is 12.0. The summed E-state index contributed by atoms with van der Waals surface area (Å²) >= 11 is 0. The summed E-state index contributed by atoms with van der Waals surface area (Å²) < 4.78 is 1.47. The molecule has 0 unspecified atom stereocenters. The van der Waals surface area contributed by atoms with Gasteiger partial charge in [-0.2, -0.15) is 0 Å². The quantitative estimate of drug-likeness (QED) is 0.888. The Bertz CT molecular complexity index is 380. The van der Waals surface area contributed by atoms with E-state index < -0.39 is 0 Å². The highest BCUT2D eigenvalue weighted by atomic mass is 16.2. The monoisotopic (exact) mass is 250 g/mol. The van der Waals surface area contributed by atoms with Crippen molar-refractivity contribution in [3.63, 3.8) is 0 Å². The van der Waals surface area contributed by atoms with Gasteiger partial charge in [0.15, 0.2) is 0 Å². The summed E-state index contributed by atoms with van der Waals surface area (Å²) in [5.41, 5.74) is -0.224. The molecule has 0 saturated carbocycles. The number of carbonyl (C=O) groups is 1. The zero-order chi connectivity index (χ0) is 13.0. The number of aromatic nitrogens is 2. The molecular formula is C13H22N4O. The lowest BCUT2D eigenvalue weighted by Crippen LogP contribution is -2.53. The summed E-state index contributed by atoms with van der Waals surface area (Å²) in [4.78, 5) is 18.3. The van der Waals surface area contributed by atoms with Crippen LogP contribution in [0.15, 0.2) is 18.7 Å². The van der Waals surface area contributed by atoms with Gasteiger partial charge < -0.3 is 10.2 Å². The molecular weight excluding hydrogens is 228 g/mol. The molecule has 2 rings (SSSR count). The molecule has 5 heteroatoms. The topological polar surface area (TPSA) is 50.2 Å². The van der Waals surface area contributed by atoms with Gasteiger partial charge in [-0.3, -0.25) is 4.57 Å². The van der Waals surface area contributed by atoms with Crippen LogP contribution in [0, 0.1) is 0 Å². The highest BCUT2D eigenvalue weighted by Crippen LogP contribution is 2.13. The highest BCUT2D eigenvalue weighted by molar-refractivity contribution is 5.77. The number of carbonyl (C=O) groups excluding carboxylic acids is 1. The van der Waals surface area contributed by atoms with Gasteiger partial charge in [0.1, 0.15) is 6.33 Å². The lowest BCUT2D eigenvalue weighted by atomic mass is 10.0. The van der Waals surface area contributed by atoms with E-state index >= 15 is 0 Å². The molecule has 0 radical (unpaired) electrons. The third-order valence-corrected chi connectivity index (χ3v) is 3.25. The first-order valence-electron chi connectivity index (χ1n) is 6.60. The predicted molar refractivity (Wildman–Crippen MR) is 70.5 cm³/mol. The van der Waals surface area contributed by atoms with Crippen molar-refractivity contribution < 1.29 is 4.79 Å². The Hall–Kier alpha value is -1.36. The van der Waals surface area contributed by atoms with Crippen LogP contribution < -0.4 is 5.32 Å². The maximum absolute atomic E-state index is 12.0. The third-order valence-electron chi connectivity index (χ3n) is 3.25. The maximum Gasteiger partial charge on any atom is 0.327 e. The first-order valence-corrected chi connectivity index (χ1v) is 6.60. The number of nitrogens with zero attached hydrogens (tertiary/aromatic N) is 3. The van der Waals surface area contributed by atoms with Gasteiger partial charge in [0.05, 0.1) is 0 Å². The van der Waals surface area contributed by atoms with Crippen LogP contribution in [0.4, 0.5) is 4.79 Å². The Morgan fingerprint density at radius 3 is 2.67 bits per heavy atom. The zero-order valence-corrected chi connectivity index (χ0v) is 11.2. The number of amides is 1. The molecule has 1 aliphatic rings. The summed E-state index contributed by atoms with van der Waals surface area (Å²) in [7, 11) is 0. The molecule has 0 aromatic carbocycles. The molecule has 1 aromatic rings. The normalized spacial score (nSPS) is 17.7. The minimum Gasteiger partial charge on any atom is -0.331 e. The van der Waals surface area contributed by atoms with Gasteiger partial charge in [-0.1, -0.05) is 6.42 Å². The van der Waals surface area contributed by atoms with E-state index in [0.29, 0.717) is 0 Å². The standard InChI is InChI=1S/C13H22N4O/c1-13(2,10-16-7-4-3-5-8-16)15-12(18)17-9-6-14-11-17/h6,9,11H,3-5,7-8,10H2,1-2H3,(H,15,18). The van der Waals surface area contributed by atoms with Crippen LogP contribution in [-0.4, -0.2) is 45.7 Å². The van der Waals surface area contributed by atoms with Crippen molar-refractivity contribution in [1.29, 1.82) is 0 Å². The van der Waals surface area contributed by atoms with E-state index in [1.807, 2.05) is 0 Å². The van der Waals surface area contributed by atoms with Crippen molar-refractivity contribution in [3.05, 3.63) is 18.7 Å². The molecule has 100 valence electrons. The number of hydrogen-bond acceptors (Lipinski definition) is 3. The number of nitrogens with one attached hydrogen (secondary N) is 1. The van der Waals surface area contributed by atoms with Gasteiger partial charge in [0.2, 0.25) is 0 Å². The van der Waals surface area contributed by atoms with E-state index in [1.165, 1.54) is 30.2 Å². The van der Waals surface area contributed by atoms with E-state index in [2.05, 4.69) is 29.0 Å². The van der Waals surface area contributed by atoms with Crippen LogP contribution in [0.2, 0.25) is 0 Å². The fraction of sp³-hybridized carbons (Fsp3) is 0.692. The fourth-order valence-electron chi connectivity index (χ4n) is 2.45. The number of imidazole rings is 1. The molecule has 1 amide bonds. The van der Waals surface area contributed by atoms with E-state index in [1.54, 1.807) is 12.4 Å². The van der Waals surface area contributed by atoms with Crippen molar-refractivity contribution in [1.82, 2.24) is 19.8 Å². The number of piperidine rings is 1. The molecule has 0 atom stereocenters. The van der Waals surface area contributed by atoms with E-state index in [0.717, 1.165) is 19.6 Å². The average Bonchev–Trinajstić information content (AvgIpc) is 2.82. The molecule has 1 aromatic heterocycles. The summed E-state index contributed by atoms with van der Waals surface area (Å²) in [6.07, 6.45) is 8.66. The second-order valence-electron chi connectivity index (χ2n) is 5.62. The SMILES string of the molecule is CC(C)(CN1CCCCC1)NC(=O)n1ccnc1. The fourth-order valence-corrected chi connectivity index (χ4v) is 2.45. The molecule has 1 aliphatic heterocycles. The Labute approximate surface area is 108 Å². The van der Waals surface area contributed by atoms with Gasteiger partial charge in [0, 0.05) is 24.5 Å².